The predicted octanol–water partition coefficient (Wildman–Crippen LogP) is -2.38. The summed E-state index contributed by atoms with van der Waals surface area (Å²) in [5.74, 6) is 0. The molecule has 0 bridgehead atoms. The van der Waals surface area contributed by atoms with Crippen LogP contribution in [0, 0.1) is 10.1 Å². The summed E-state index contributed by atoms with van der Waals surface area (Å²) in [6, 6.07) is 2.97. The van der Waals surface area contributed by atoms with Gasteiger partial charge in [0.05, 0.1) is 44.4 Å². The third kappa shape index (κ3) is 4.12. The zero-order valence-corrected chi connectivity index (χ0v) is 13.9. The van der Waals surface area contributed by atoms with E-state index in [9.17, 15) is 10.1 Å². The van der Waals surface area contributed by atoms with Crippen LogP contribution in [-0.2, 0) is 0 Å². The second-order valence-corrected chi connectivity index (χ2v) is 5.38. The molecule has 22 heavy (non-hydrogen) atoms. The molecular formula is C12H18BrN5O4. The number of nitrogens with one attached hydrogen (secondary N) is 1. The summed E-state index contributed by atoms with van der Waals surface area (Å²) in [6.45, 7) is 2.20. The van der Waals surface area contributed by atoms with E-state index in [1.54, 1.807) is 6.07 Å². The number of nitro groups is 1. The van der Waals surface area contributed by atoms with E-state index in [2.05, 4.69) is 20.3 Å². The van der Waals surface area contributed by atoms with Crippen LogP contribution in [0.15, 0.2) is 16.8 Å². The van der Waals surface area contributed by atoms with Gasteiger partial charge in [-0.3, -0.25) is 10.1 Å². The lowest BCUT2D eigenvalue weighted by Gasteiger charge is -2.29. The molecule has 122 valence electrons. The molecule has 0 radical (unpaired) electrons. The summed E-state index contributed by atoms with van der Waals surface area (Å²) in [6.07, 6.45) is 0. The second kappa shape index (κ2) is 7.47. The van der Waals surface area contributed by atoms with Crippen molar-refractivity contribution in [1.82, 2.24) is 10.3 Å². The van der Waals surface area contributed by atoms with Crippen molar-refractivity contribution in [1.29, 1.82) is 0 Å². The number of non-ortho nitro benzene ring substituents is 1. The number of hydrogen-bond acceptors (Lipinski definition) is 7. The van der Waals surface area contributed by atoms with E-state index < -0.39 is 4.92 Å². The smallest absolute Gasteiger partial charge is 0.300 e. The standard InChI is InChI=1S/C12H18N5O4.BrH/c1-17(2,7-8-18)6-5-13-9-3-4-10(16(19)20)12-11(9)14-21-15-12;/h3-4,13,18H,5-8H2,1-2H3;1H/q+1;/p-1. The van der Waals surface area contributed by atoms with E-state index in [1.807, 2.05) is 14.1 Å². The number of anilines is 1. The third-order valence-corrected chi connectivity index (χ3v) is 3.33. The summed E-state index contributed by atoms with van der Waals surface area (Å²) in [5.41, 5.74) is 0.986. The molecule has 0 atom stereocenters. The van der Waals surface area contributed by atoms with Gasteiger partial charge in [-0.2, -0.15) is 0 Å². The van der Waals surface area contributed by atoms with E-state index >= 15 is 0 Å². The molecule has 0 aliphatic heterocycles. The van der Waals surface area contributed by atoms with Crippen LogP contribution in [0.5, 0.6) is 0 Å². The molecule has 0 saturated carbocycles. The molecule has 2 rings (SSSR count). The molecule has 0 aliphatic rings. The molecule has 0 unspecified atom stereocenters. The summed E-state index contributed by atoms with van der Waals surface area (Å²) in [5, 5.41) is 30.3. The normalized spacial score (nSPS) is 11.2. The van der Waals surface area contributed by atoms with Crippen molar-refractivity contribution in [3.05, 3.63) is 22.2 Å². The van der Waals surface area contributed by atoms with Crippen LogP contribution in [-0.4, -0.2) is 65.2 Å². The van der Waals surface area contributed by atoms with Crippen LogP contribution in [0.1, 0.15) is 0 Å². The zero-order chi connectivity index (χ0) is 15.5. The number of nitrogens with zero attached hydrogens (tertiary/aromatic N) is 4. The fourth-order valence-electron chi connectivity index (χ4n) is 2.02. The Morgan fingerprint density at radius 1 is 1.32 bits per heavy atom. The lowest BCUT2D eigenvalue weighted by atomic mass is 10.2. The van der Waals surface area contributed by atoms with Crippen LogP contribution in [0.4, 0.5) is 11.4 Å². The fraction of sp³-hybridized carbons (Fsp3) is 0.500. The number of aliphatic hydroxyl groups excluding tert-OH is 1. The van der Waals surface area contributed by atoms with Crippen LogP contribution in [0.3, 0.4) is 0 Å². The monoisotopic (exact) mass is 375 g/mol. The van der Waals surface area contributed by atoms with Gasteiger partial charge in [0.25, 0.3) is 0 Å². The molecular weight excluding hydrogens is 358 g/mol. The van der Waals surface area contributed by atoms with Crippen LogP contribution in [0.2, 0.25) is 0 Å². The Labute approximate surface area is 137 Å². The first kappa shape index (κ1) is 18.3. The first-order valence-electron chi connectivity index (χ1n) is 6.51. The average Bonchev–Trinajstić information content (AvgIpc) is 2.87. The molecule has 1 aromatic carbocycles. The molecule has 0 fully saturated rings. The van der Waals surface area contributed by atoms with Crippen molar-refractivity contribution in [2.45, 2.75) is 0 Å². The van der Waals surface area contributed by atoms with Crippen molar-refractivity contribution in [2.24, 2.45) is 0 Å². The number of benzene rings is 1. The number of fused-ring (bicyclic) bond motifs is 1. The van der Waals surface area contributed by atoms with Crippen molar-refractivity contribution in [3.63, 3.8) is 0 Å². The van der Waals surface area contributed by atoms with Gasteiger partial charge in [0.1, 0.15) is 6.54 Å². The van der Waals surface area contributed by atoms with Gasteiger partial charge < -0.3 is 31.9 Å². The molecule has 0 spiro atoms. The van der Waals surface area contributed by atoms with Gasteiger partial charge >= 0.3 is 5.69 Å². The van der Waals surface area contributed by atoms with E-state index in [0.29, 0.717) is 28.8 Å². The predicted molar refractivity (Wildman–Crippen MR) is 75.9 cm³/mol. The molecule has 2 N–H and O–H groups in total. The van der Waals surface area contributed by atoms with Crippen molar-refractivity contribution < 1.29 is 36.1 Å². The largest absolute Gasteiger partial charge is 1.00 e. The summed E-state index contributed by atoms with van der Waals surface area (Å²) < 4.78 is 5.26. The van der Waals surface area contributed by atoms with E-state index in [4.69, 9.17) is 5.11 Å². The molecule has 10 heteroatoms. The highest BCUT2D eigenvalue weighted by molar-refractivity contribution is 5.93. The Hall–Kier alpha value is -1.78. The second-order valence-electron chi connectivity index (χ2n) is 5.38. The van der Waals surface area contributed by atoms with Gasteiger partial charge in [0.15, 0.2) is 5.52 Å². The topological polar surface area (TPSA) is 114 Å². The van der Waals surface area contributed by atoms with Gasteiger partial charge in [0.2, 0.25) is 5.52 Å². The number of hydrogen-bond donors (Lipinski definition) is 2. The average molecular weight is 376 g/mol. The fourth-order valence-corrected chi connectivity index (χ4v) is 2.02. The van der Waals surface area contributed by atoms with Crippen molar-refractivity contribution in [3.8, 4) is 0 Å². The van der Waals surface area contributed by atoms with Crippen LogP contribution < -0.4 is 22.3 Å². The molecule has 2 aromatic rings. The lowest BCUT2D eigenvalue weighted by molar-refractivity contribution is -0.888. The minimum atomic E-state index is -0.516. The minimum absolute atomic E-state index is 0. The number of nitro benzene ring substituents is 1. The maximum atomic E-state index is 10.9. The van der Waals surface area contributed by atoms with Crippen LogP contribution in [0.25, 0.3) is 11.0 Å². The van der Waals surface area contributed by atoms with E-state index in [0.717, 1.165) is 6.54 Å². The first-order chi connectivity index (χ1) is 9.94. The Kier molecular flexibility index (Phi) is 6.21. The van der Waals surface area contributed by atoms with Crippen LogP contribution >= 0.6 is 0 Å². The van der Waals surface area contributed by atoms with E-state index in [-0.39, 0.29) is 34.8 Å². The SMILES string of the molecule is C[N+](C)(CCO)CCNc1ccc([N+](=O)[O-])c2nonc12.[Br-]. The Balaban J connectivity index is 0.00000242. The summed E-state index contributed by atoms with van der Waals surface area (Å²) >= 11 is 0. The highest BCUT2D eigenvalue weighted by Gasteiger charge is 2.20. The Morgan fingerprint density at radius 2 is 2.00 bits per heavy atom. The number of likely N-dealkylation sites (N-methyl/N-ethyl adjacent to an activating group) is 1. The highest BCUT2D eigenvalue weighted by atomic mass is 79.9. The van der Waals surface area contributed by atoms with Gasteiger partial charge in [0, 0.05) is 6.07 Å². The van der Waals surface area contributed by atoms with Gasteiger partial charge in [-0.15, -0.1) is 0 Å². The number of aromatic nitrogens is 2. The lowest BCUT2D eigenvalue weighted by Crippen LogP contribution is -3.00. The molecule has 0 amide bonds. The maximum absolute atomic E-state index is 10.9. The summed E-state index contributed by atoms with van der Waals surface area (Å²) in [4.78, 5) is 10.4. The maximum Gasteiger partial charge on any atom is 0.300 e. The number of quaternary nitrogens is 1. The highest BCUT2D eigenvalue weighted by Crippen LogP contribution is 2.28. The molecule has 1 aromatic heterocycles. The number of halogens is 1. The number of aliphatic hydroxyl groups is 1. The Morgan fingerprint density at radius 3 is 2.64 bits per heavy atom. The third-order valence-electron chi connectivity index (χ3n) is 3.33. The van der Waals surface area contributed by atoms with Crippen molar-refractivity contribution >= 4 is 22.4 Å². The zero-order valence-electron chi connectivity index (χ0n) is 12.3. The van der Waals surface area contributed by atoms with Gasteiger partial charge in [-0.25, -0.2) is 4.63 Å². The van der Waals surface area contributed by atoms with Crippen molar-refractivity contribution in [2.75, 3.05) is 45.7 Å². The van der Waals surface area contributed by atoms with E-state index in [1.165, 1.54) is 6.07 Å². The molecule has 0 saturated heterocycles. The first-order valence-corrected chi connectivity index (χ1v) is 6.51. The Bertz CT molecular complexity index is 645. The molecule has 0 aliphatic carbocycles. The molecule has 9 nitrogen and oxygen atoms in total. The summed E-state index contributed by atoms with van der Waals surface area (Å²) in [7, 11) is 4.03. The molecule has 1 heterocycles. The quantitative estimate of drug-likeness (QED) is 0.315. The number of rotatable bonds is 7. The minimum Gasteiger partial charge on any atom is -1.00 e. The van der Waals surface area contributed by atoms with Gasteiger partial charge in [-0.05, 0) is 16.4 Å². The van der Waals surface area contributed by atoms with Gasteiger partial charge in [-0.1, -0.05) is 0 Å².